The summed E-state index contributed by atoms with van der Waals surface area (Å²) in [5, 5.41) is 3.03. The van der Waals surface area contributed by atoms with Crippen LogP contribution >= 0.6 is 22.9 Å². The van der Waals surface area contributed by atoms with Gasteiger partial charge in [0.05, 0.1) is 18.2 Å². The molecule has 0 saturated carbocycles. The molecule has 0 aliphatic carbocycles. The number of anilines is 1. The number of halogens is 1. The molecule has 1 rings (SSSR count). The Bertz CT molecular complexity index is 291. The van der Waals surface area contributed by atoms with Gasteiger partial charge in [-0.1, -0.05) is 0 Å². The second-order valence-corrected chi connectivity index (χ2v) is 4.64. The van der Waals surface area contributed by atoms with Crippen LogP contribution < -0.4 is 4.90 Å². The quantitative estimate of drug-likeness (QED) is 0.724. The lowest BCUT2D eigenvalue weighted by Gasteiger charge is -2.25. The van der Waals surface area contributed by atoms with Crippen molar-refractivity contribution >= 4 is 28.1 Å². The average molecular weight is 249 g/mol. The first-order valence-electron chi connectivity index (χ1n) is 4.95. The number of aromatic nitrogens is 1. The topological polar surface area (TPSA) is 25.4 Å². The summed E-state index contributed by atoms with van der Waals surface area (Å²) in [4.78, 5) is 6.69. The lowest BCUT2D eigenvalue weighted by molar-refractivity contribution is 0.204. The summed E-state index contributed by atoms with van der Waals surface area (Å²) in [6, 6.07) is 0.425. The molecule has 0 unspecified atom stereocenters. The standard InChI is InChI=1S/C10H17ClN2OS/c1-8(2)13(4-5-14-3)10-12-9(6-11)7-15-10/h7-8H,4-6H2,1-3H3. The third-order valence-corrected chi connectivity index (χ3v) is 3.28. The van der Waals surface area contributed by atoms with Crippen molar-refractivity contribution in [3.05, 3.63) is 11.1 Å². The number of rotatable bonds is 6. The van der Waals surface area contributed by atoms with E-state index in [0.29, 0.717) is 18.5 Å². The van der Waals surface area contributed by atoms with Crippen LogP contribution in [-0.4, -0.2) is 31.3 Å². The van der Waals surface area contributed by atoms with Crippen LogP contribution in [0.1, 0.15) is 19.5 Å². The fourth-order valence-corrected chi connectivity index (χ4v) is 2.47. The third-order valence-electron chi connectivity index (χ3n) is 2.08. The minimum absolute atomic E-state index is 0.425. The predicted octanol–water partition coefficient (Wildman–Crippen LogP) is 2.74. The van der Waals surface area contributed by atoms with E-state index in [1.165, 1.54) is 0 Å². The van der Waals surface area contributed by atoms with Crippen molar-refractivity contribution in [1.29, 1.82) is 0 Å². The number of ether oxygens (including phenoxy) is 1. The molecule has 0 aromatic carbocycles. The molecule has 3 nitrogen and oxygen atoms in total. The molecule has 0 saturated heterocycles. The van der Waals surface area contributed by atoms with E-state index in [4.69, 9.17) is 16.3 Å². The number of hydrogen-bond acceptors (Lipinski definition) is 4. The number of nitrogens with zero attached hydrogens (tertiary/aromatic N) is 2. The van der Waals surface area contributed by atoms with E-state index in [9.17, 15) is 0 Å². The smallest absolute Gasteiger partial charge is 0.185 e. The Morgan fingerprint density at radius 3 is 2.80 bits per heavy atom. The van der Waals surface area contributed by atoms with Crippen LogP contribution in [0.5, 0.6) is 0 Å². The molecular formula is C10H17ClN2OS. The molecule has 86 valence electrons. The Kier molecular flexibility index (Phi) is 5.36. The van der Waals surface area contributed by atoms with Crippen LogP contribution in [0, 0.1) is 0 Å². The first-order valence-corrected chi connectivity index (χ1v) is 6.36. The summed E-state index contributed by atoms with van der Waals surface area (Å²) >= 11 is 7.37. The summed E-state index contributed by atoms with van der Waals surface area (Å²) in [5.74, 6) is 0.479. The van der Waals surface area contributed by atoms with Gasteiger partial charge in [-0.25, -0.2) is 4.98 Å². The minimum Gasteiger partial charge on any atom is -0.383 e. The van der Waals surface area contributed by atoms with E-state index in [-0.39, 0.29) is 0 Å². The van der Waals surface area contributed by atoms with Gasteiger partial charge in [-0.15, -0.1) is 22.9 Å². The molecule has 15 heavy (non-hydrogen) atoms. The van der Waals surface area contributed by atoms with Crippen LogP contribution in [0.4, 0.5) is 5.13 Å². The minimum atomic E-state index is 0.425. The fraction of sp³-hybridized carbons (Fsp3) is 0.700. The molecule has 0 fully saturated rings. The van der Waals surface area contributed by atoms with Gasteiger partial charge in [0.1, 0.15) is 0 Å². The SMILES string of the molecule is COCCN(c1nc(CCl)cs1)C(C)C. The monoisotopic (exact) mass is 248 g/mol. The maximum Gasteiger partial charge on any atom is 0.185 e. The summed E-state index contributed by atoms with van der Waals surface area (Å²) < 4.78 is 5.09. The first kappa shape index (κ1) is 12.7. The Hall–Kier alpha value is -0.320. The maximum atomic E-state index is 5.73. The van der Waals surface area contributed by atoms with Crippen molar-refractivity contribution in [2.75, 3.05) is 25.2 Å². The Balaban J connectivity index is 2.70. The molecule has 0 aliphatic rings. The number of methoxy groups -OCH3 is 1. The highest BCUT2D eigenvalue weighted by atomic mass is 35.5. The van der Waals surface area contributed by atoms with Gasteiger partial charge >= 0.3 is 0 Å². The normalized spacial score (nSPS) is 11.0. The average Bonchev–Trinajstić information content (AvgIpc) is 2.66. The van der Waals surface area contributed by atoms with Gasteiger partial charge < -0.3 is 9.64 Å². The zero-order valence-electron chi connectivity index (χ0n) is 9.36. The van der Waals surface area contributed by atoms with Crippen molar-refractivity contribution in [2.24, 2.45) is 0 Å². The zero-order valence-corrected chi connectivity index (χ0v) is 10.9. The van der Waals surface area contributed by atoms with Gasteiger partial charge in [0, 0.05) is 25.1 Å². The van der Waals surface area contributed by atoms with Gasteiger partial charge in [-0.2, -0.15) is 0 Å². The summed E-state index contributed by atoms with van der Waals surface area (Å²) in [6.45, 7) is 5.88. The largest absolute Gasteiger partial charge is 0.383 e. The Morgan fingerprint density at radius 1 is 1.60 bits per heavy atom. The van der Waals surface area contributed by atoms with Crippen LogP contribution in [0.2, 0.25) is 0 Å². The van der Waals surface area contributed by atoms with Gasteiger partial charge in [0.2, 0.25) is 0 Å². The highest BCUT2D eigenvalue weighted by Crippen LogP contribution is 2.23. The second-order valence-electron chi connectivity index (χ2n) is 3.53. The number of hydrogen-bond donors (Lipinski definition) is 0. The van der Waals surface area contributed by atoms with Crippen LogP contribution in [-0.2, 0) is 10.6 Å². The van der Waals surface area contributed by atoms with E-state index in [0.717, 1.165) is 17.4 Å². The lowest BCUT2D eigenvalue weighted by atomic mass is 10.3. The highest BCUT2D eigenvalue weighted by Gasteiger charge is 2.13. The molecule has 0 radical (unpaired) electrons. The Labute approximate surface area is 100 Å². The van der Waals surface area contributed by atoms with Crippen molar-refractivity contribution in [2.45, 2.75) is 25.8 Å². The van der Waals surface area contributed by atoms with E-state index in [1.807, 2.05) is 5.38 Å². The highest BCUT2D eigenvalue weighted by molar-refractivity contribution is 7.13. The van der Waals surface area contributed by atoms with Crippen LogP contribution in [0.25, 0.3) is 0 Å². The van der Waals surface area contributed by atoms with Crippen LogP contribution in [0.15, 0.2) is 5.38 Å². The molecule has 1 aromatic heterocycles. The molecular weight excluding hydrogens is 232 g/mol. The summed E-state index contributed by atoms with van der Waals surface area (Å²) in [5.41, 5.74) is 0.944. The van der Waals surface area contributed by atoms with Gasteiger partial charge in [0.25, 0.3) is 0 Å². The number of alkyl halides is 1. The van der Waals surface area contributed by atoms with E-state index >= 15 is 0 Å². The molecule has 0 spiro atoms. The predicted molar refractivity (Wildman–Crippen MR) is 66.0 cm³/mol. The maximum absolute atomic E-state index is 5.73. The van der Waals surface area contributed by atoms with Crippen molar-refractivity contribution in [3.8, 4) is 0 Å². The molecule has 0 atom stereocenters. The Morgan fingerprint density at radius 2 is 2.33 bits per heavy atom. The lowest BCUT2D eigenvalue weighted by Crippen LogP contribution is -2.33. The van der Waals surface area contributed by atoms with Gasteiger partial charge in [-0.05, 0) is 13.8 Å². The van der Waals surface area contributed by atoms with Crippen molar-refractivity contribution in [3.63, 3.8) is 0 Å². The molecule has 0 bridgehead atoms. The van der Waals surface area contributed by atoms with Gasteiger partial charge in [-0.3, -0.25) is 0 Å². The number of thiazole rings is 1. The first-order chi connectivity index (χ1) is 7.19. The second kappa shape index (κ2) is 6.30. The zero-order chi connectivity index (χ0) is 11.3. The van der Waals surface area contributed by atoms with Crippen molar-refractivity contribution < 1.29 is 4.74 Å². The fourth-order valence-electron chi connectivity index (χ4n) is 1.25. The third kappa shape index (κ3) is 3.63. The molecule has 0 aliphatic heterocycles. The summed E-state index contributed by atoms with van der Waals surface area (Å²) in [6.07, 6.45) is 0. The van der Waals surface area contributed by atoms with E-state index < -0.39 is 0 Å². The van der Waals surface area contributed by atoms with Crippen molar-refractivity contribution in [1.82, 2.24) is 4.98 Å². The van der Waals surface area contributed by atoms with E-state index in [2.05, 4.69) is 23.7 Å². The van der Waals surface area contributed by atoms with Crippen LogP contribution in [0.3, 0.4) is 0 Å². The van der Waals surface area contributed by atoms with E-state index in [1.54, 1.807) is 18.4 Å². The summed E-state index contributed by atoms with van der Waals surface area (Å²) in [7, 11) is 1.71. The molecule has 5 heteroatoms. The molecule has 0 amide bonds. The molecule has 1 aromatic rings. The molecule has 1 heterocycles. The molecule has 0 N–H and O–H groups in total. The van der Waals surface area contributed by atoms with Gasteiger partial charge in [0.15, 0.2) is 5.13 Å².